The highest BCUT2D eigenvalue weighted by Gasteiger charge is 2.44. The molecule has 1 unspecified atom stereocenters. The Bertz CT molecular complexity index is 1080. The molecule has 4 rings (SSSR count). The maximum Gasteiger partial charge on any atom is 0.314 e. The van der Waals surface area contributed by atoms with Gasteiger partial charge in [0.15, 0.2) is 5.75 Å². The molecule has 182 valence electrons. The maximum atomic E-state index is 13.1. The summed E-state index contributed by atoms with van der Waals surface area (Å²) in [6.45, 7) is 7.57. The number of rotatable bonds is 6. The Balaban J connectivity index is 1.53. The molecule has 1 aliphatic carbocycles. The Labute approximate surface area is 202 Å². The van der Waals surface area contributed by atoms with Crippen LogP contribution in [-0.2, 0) is 25.7 Å². The van der Waals surface area contributed by atoms with Crippen molar-refractivity contribution in [1.82, 2.24) is 4.98 Å². The van der Waals surface area contributed by atoms with Crippen molar-refractivity contribution in [3.05, 3.63) is 68.0 Å². The van der Waals surface area contributed by atoms with Gasteiger partial charge < -0.3 is 19.0 Å². The number of hydrogen-bond acceptors (Lipinski definition) is 8. The zero-order valence-corrected chi connectivity index (χ0v) is 20.2. The van der Waals surface area contributed by atoms with Gasteiger partial charge in [-0.3, -0.25) is 9.78 Å². The number of carbonyl (C=O) groups is 1. The SMILES string of the molecule is Cc1ncc2c(c1OC(=O)C1C[C@@H](O[N+](=O)[O-])[C@H](OC(C)(C)C)C1)CO[C@H]2c1ccc(Cl)cc1. The van der Waals surface area contributed by atoms with Crippen LogP contribution in [0.1, 0.15) is 62.1 Å². The van der Waals surface area contributed by atoms with Gasteiger partial charge in [-0.15, -0.1) is 10.1 Å². The third-order valence-corrected chi connectivity index (χ3v) is 6.16. The van der Waals surface area contributed by atoms with Crippen molar-refractivity contribution < 1.29 is 28.9 Å². The number of carbonyl (C=O) groups excluding carboxylic acids is 1. The number of nitrogens with zero attached hydrogens (tertiary/aromatic N) is 2. The molecule has 2 aliphatic rings. The first-order valence-electron chi connectivity index (χ1n) is 11.1. The van der Waals surface area contributed by atoms with E-state index in [1.807, 2.05) is 32.9 Å². The predicted octanol–water partition coefficient (Wildman–Crippen LogP) is 4.74. The molecule has 1 aromatic carbocycles. The molecule has 1 saturated carbocycles. The topological polar surface area (TPSA) is 110 Å². The second-order valence-electron chi connectivity index (χ2n) is 9.57. The second kappa shape index (κ2) is 9.48. The molecule has 4 atom stereocenters. The van der Waals surface area contributed by atoms with E-state index < -0.39 is 34.8 Å². The van der Waals surface area contributed by atoms with Crippen LogP contribution in [0.5, 0.6) is 5.75 Å². The molecule has 1 aromatic heterocycles. The fourth-order valence-corrected chi connectivity index (χ4v) is 4.60. The first kappa shape index (κ1) is 24.4. The minimum Gasteiger partial charge on any atom is -0.424 e. The van der Waals surface area contributed by atoms with Crippen LogP contribution in [0, 0.1) is 23.0 Å². The van der Waals surface area contributed by atoms with Crippen LogP contribution >= 0.6 is 11.6 Å². The number of pyridine rings is 1. The summed E-state index contributed by atoms with van der Waals surface area (Å²) in [7, 11) is 0. The monoisotopic (exact) mass is 490 g/mol. The van der Waals surface area contributed by atoms with E-state index in [0.29, 0.717) is 16.5 Å². The van der Waals surface area contributed by atoms with Crippen LogP contribution in [0.15, 0.2) is 30.5 Å². The van der Waals surface area contributed by atoms with Crippen LogP contribution in [0.4, 0.5) is 0 Å². The first-order valence-corrected chi connectivity index (χ1v) is 11.5. The summed E-state index contributed by atoms with van der Waals surface area (Å²) in [5, 5.41) is 10.7. The van der Waals surface area contributed by atoms with Crippen LogP contribution in [0.2, 0.25) is 5.02 Å². The van der Waals surface area contributed by atoms with E-state index in [1.54, 1.807) is 25.3 Å². The average Bonchev–Trinajstić information content (AvgIpc) is 3.33. The quantitative estimate of drug-likeness (QED) is 0.324. The molecule has 9 nitrogen and oxygen atoms in total. The average molecular weight is 491 g/mol. The van der Waals surface area contributed by atoms with E-state index in [4.69, 9.17) is 30.6 Å². The molecule has 0 spiro atoms. The molecule has 0 saturated heterocycles. The third kappa shape index (κ3) is 5.32. The summed E-state index contributed by atoms with van der Waals surface area (Å²) in [6.07, 6.45) is 0.349. The lowest BCUT2D eigenvalue weighted by atomic mass is 10.00. The van der Waals surface area contributed by atoms with Crippen molar-refractivity contribution in [3.8, 4) is 5.75 Å². The standard InChI is InChI=1S/C24H27ClN2O7/c1-13-21(18-12-31-22(17(18)11-26-13)14-5-7-16(25)8-6-14)32-23(28)15-9-19(33-24(2,3)4)20(10-15)34-27(29)30/h5-8,11,15,19-20,22H,9-10,12H2,1-4H3/t15?,19-,20-,22+/m1/s1. The zero-order valence-electron chi connectivity index (χ0n) is 19.4. The molecule has 34 heavy (non-hydrogen) atoms. The Morgan fingerprint density at radius 2 is 1.88 bits per heavy atom. The van der Waals surface area contributed by atoms with Gasteiger partial charge >= 0.3 is 5.97 Å². The molecule has 0 N–H and O–H groups in total. The molecule has 2 aromatic rings. The van der Waals surface area contributed by atoms with Gasteiger partial charge in [0.25, 0.3) is 5.09 Å². The Kier molecular flexibility index (Phi) is 6.80. The van der Waals surface area contributed by atoms with Crippen molar-refractivity contribution in [1.29, 1.82) is 0 Å². The summed E-state index contributed by atoms with van der Waals surface area (Å²) in [6, 6.07) is 7.36. The Morgan fingerprint density at radius 3 is 2.53 bits per heavy atom. The number of fused-ring (bicyclic) bond motifs is 1. The number of esters is 1. The lowest BCUT2D eigenvalue weighted by Gasteiger charge is -2.27. The highest BCUT2D eigenvalue weighted by atomic mass is 35.5. The summed E-state index contributed by atoms with van der Waals surface area (Å²) in [5.41, 5.74) is 2.52. The van der Waals surface area contributed by atoms with Crippen LogP contribution in [0.25, 0.3) is 0 Å². The van der Waals surface area contributed by atoms with Gasteiger partial charge in [0.2, 0.25) is 0 Å². The molecular formula is C24H27ClN2O7. The number of aryl methyl sites for hydroxylation is 1. The fourth-order valence-electron chi connectivity index (χ4n) is 4.47. The molecule has 0 amide bonds. The van der Waals surface area contributed by atoms with Gasteiger partial charge in [-0.05, 0) is 58.2 Å². The lowest BCUT2D eigenvalue weighted by Crippen LogP contribution is -2.35. The molecule has 0 radical (unpaired) electrons. The minimum atomic E-state index is -0.843. The van der Waals surface area contributed by atoms with Crippen molar-refractivity contribution in [2.45, 2.75) is 71.1 Å². The van der Waals surface area contributed by atoms with E-state index in [-0.39, 0.29) is 25.6 Å². The Morgan fingerprint density at radius 1 is 1.21 bits per heavy atom. The second-order valence-corrected chi connectivity index (χ2v) is 10.0. The highest BCUT2D eigenvalue weighted by molar-refractivity contribution is 6.30. The number of aromatic nitrogens is 1. The molecule has 1 fully saturated rings. The summed E-state index contributed by atoms with van der Waals surface area (Å²) < 4.78 is 17.8. The highest BCUT2D eigenvalue weighted by Crippen LogP contribution is 2.42. The molecule has 1 aliphatic heterocycles. The van der Waals surface area contributed by atoms with E-state index >= 15 is 0 Å². The predicted molar refractivity (Wildman–Crippen MR) is 122 cm³/mol. The summed E-state index contributed by atoms with van der Waals surface area (Å²) in [4.78, 5) is 33.3. The van der Waals surface area contributed by atoms with Gasteiger partial charge in [-0.1, -0.05) is 23.7 Å². The van der Waals surface area contributed by atoms with E-state index in [0.717, 1.165) is 16.7 Å². The lowest BCUT2D eigenvalue weighted by molar-refractivity contribution is -0.770. The van der Waals surface area contributed by atoms with Crippen LogP contribution in [-0.4, -0.2) is 33.8 Å². The van der Waals surface area contributed by atoms with Crippen molar-refractivity contribution in [2.24, 2.45) is 5.92 Å². The molecule has 0 bridgehead atoms. The molecular weight excluding hydrogens is 464 g/mol. The maximum absolute atomic E-state index is 13.1. The number of hydrogen-bond donors (Lipinski definition) is 0. The van der Waals surface area contributed by atoms with Crippen molar-refractivity contribution in [2.75, 3.05) is 0 Å². The van der Waals surface area contributed by atoms with Crippen LogP contribution in [0.3, 0.4) is 0 Å². The van der Waals surface area contributed by atoms with E-state index in [9.17, 15) is 14.9 Å². The van der Waals surface area contributed by atoms with Gasteiger partial charge in [0.05, 0.1) is 29.9 Å². The van der Waals surface area contributed by atoms with E-state index in [1.165, 1.54) is 0 Å². The number of benzene rings is 1. The summed E-state index contributed by atoms with van der Waals surface area (Å²) >= 11 is 6.00. The fraction of sp³-hybridized carbons (Fsp3) is 0.500. The van der Waals surface area contributed by atoms with Gasteiger partial charge in [-0.25, -0.2) is 0 Å². The Hall–Kier alpha value is -2.75. The van der Waals surface area contributed by atoms with Crippen molar-refractivity contribution in [3.63, 3.8) is 0 Å². The largest absolute Gasteiger partial charge is 0.424 e. The normalized spacial score (nSPS) is 24.0. The van der Waals surface area contributed by atoms with Gasteiger partial charge in [0, 0.05) is 22.3 Å². The smallest absolute Gasteiger partial charge is 0.314 e. The van der Waals surface area contributed by atoms with Crippen molar-refractivity contribution >= 4 is 17.6 Å². The number of halogens is 1. The van der Waals surface area contributed by atoms with Crippen LogP contribution < -0.4 is 4.74 Å². The molecule has 10 heteroatoms. The number of ether oxygens (including phenoxy) is 3. The third-order valence-electron chi connectivity index (χ3n) is 5.91. The van der Waals surface area contributed by atoms with Gasteiger partial charge in [0.1, 0.15) is 12.2 Å². The molecule has 2 heterocycles. The zero-order chi connectivity index (χ0) is 24.6. The summed E-state index contributed by atoms with van der Waals surface area (Å²) in [5.74, 6) is -0.738. The van der Waals surface area contributed by atoms with E-state index in [2.05, 4.69) is 4.98 Å². The van der Waals surface area contributed by atoms with Gasteiger partial charge in [-0.2, -0.15) is 0 Å². The minimum absolute atomic E-state index is 0.131. The first-order chi connectivity index (χ1) is 16.0.